The van der Waals surface area contributed by atoms with E-state index in [1.807, 2.05) is 0 Å². The van der Waals surface area contributed by atoms with E-state index in [1.165, 1.54) is 7.11 Å². The van der Waals surface area contributed by atoms with Crippen molar-refractivity contribution in [2.75, 3.05) is 13.7 Å². The monoisotopic (exact) mass is 256 g/mol. The lowest BCUT2D eigenvalue weighted by Crippen LogP contribution is -2.53. The predicted molar refractivity (Wildman–Crippen MR) is 63.7 cm³/mol. The van der Waals surface area contributed by atoms with Crippen LogP contribution in [0, 0.1) is 0 Å². The van der Waals surface area contributed by atoms with Crippen LogP contribution in [-0.2, 0) is 19.1 Å². The van der Waals surface area contributed by atoms with Gasteiger partial charge in [-0.1, -0.05) is 0 Å². The molecule has 0 saturated carbocycles. The first-order valence-electron chi connectivity index (χ1n) is 6.30. The average Bonchev–Trinajstić information content (AvgIpc) is 2.75. The molecule has 0 aliphatic carbocycles. The number of likely N-dealkylation sites (tertiary alicyclic amines) is 1. The molecule has 2 fully saturated rings. The number of rotatable bonds is 3. The van der Waals surface area contributed by atoms with E-state index in [2.05, 4.69) is 11.8 Å². The molecule has 6 heteroatoms. The number of nitrogens with two attached hydrogens (primary N) is 1. The van der Waals surface area contributed by atoms with Gasteiger partial charge < -0.3 is 15.2 Å². The lowest BCUT2D eigenvalue weighted by atomic mass is 9.92. The van der Waals surface area contributed by atoms with Crippen LogP contribution in [0.25, 0.3) is 0 Å². The molecular weight excluding hydrogens is 236 g/mol. The first kappa shape index (κ1) is 13.3. The molecule has 2 heterocycles. The van der Waals surface area contributed by atoms with Crippen molar-refractivity contribution in [3.63, 3.8) is 0 Å². The maximum absolute atomic E-state index is 11.5. The Morgan fingerprint density at radius 2 is 2.17 bits per heavy atom. The van der Waals surface area contributed by atoms with E-state index in [9.17, 15) is 9.59 Å². The van der Waals surface area contributed by atoms with E-state index in [1.54, 1.807) is 0 Å². The number of methoxy groups -OCH3 is 1. The van der Waals surface area contributed by atoms with Crippen molar-refractivity contribution in [3.05, 3.63) is 0 Å². The second-order valence-electron chi connectivity index (χ2n) is 5.05. The van der Waals surface area contributed by atoms with Crippen LogP contribution in [0.4, 0.5) is 0 Å². The molecule has 6 nitrogen and oxygen atoms in total. The van der Waals surface area contributed by atoms with E-state index in [0.29, 0.717) is 12.5 Å². The Morgan fingerprint density at radius 1 is 1.44 bits per heavy atom. The third-order valence-corrected chi connectivity index (χ3v) is 3.89. The highest BCUT2D eigenvalue weighted by Crippen LogP contribution is 2.34. The molecule has 0 aromatic heterocycles. The van der Waals surface area contributed by atoms with Gasteiger partial charge in [0.25, 0.3) is 0 Å². The van der Waals surface area contributed by atoms with E-state index < -0.39 is 6.10 Å². The summed E-state index contributed by atoms with van der Waals surface area (Å²) in [6.07, 6.45) is 1.93. The molecule has 2 aliphatic rings. The van der Waals surface area contributed by atoms with Crippen LogP contribution < -0.4 is 5.73 Å². The molecular formula is C12H20N2O4. The summed E-state index contributed by atoms with van der Waals surface area (Å²) >= 11 is 0. The summed E-state index contributed by atoms with van der Waals surface area (Å²) in [5.41, 5.74) is 5.28. The van der Waals surface area contributed by atoms with E-state index in [-0.39, 0.29) is 30.6 Å². The number of fused-ring (bicyclic) bond motifs is 1. The summed E-state index contributed by atoms with van der Waals surface area (Å²) in [5, 5.41) is 0. The minimum atomic E-state index is -0.509. The first-order chi connectivity index (χ1) is 8.52. The van der Waals surface area contributed by atoms with E-state index in [0.717, 1.165) is 12.8 Å². The zero-order valence-corrected chi connectivity index (χ0v) is 10.8. The van der Waals surface area contributed by atoms with Crippen LogP contribution in [0.3, 0.4) is 0 Å². The van der Waals surface area contributed by atoms with Gasteiger partial charge in [-0.15, -0.1) is 0 Å². The van der Waals surface area contributed by atoms with Crippen LogP contribution in [0.2, 0.25) is 0 Å². The molecule has 4 unspecified atom stereocenters. The van der Waals surface area contributed by atoms with Gasteiger partial charge in [0.2, 0.25) is 5.91 Å². The minimum absolute atomic E-state index is 0.00431. The third-order valence-electron chi connectivity index (χ3n) is 3.89. The van der Waals surface area contributed by atoms with Crippen molar-refractivity contribution in [1.82, 2.24) is 4.90 Å². The molecule has 0 aromatic rings. The molecule has 2 rings (SSSR count). The highest BCUT2D eigenvalue weighted by Gasteiger charge is 2.46. The van der Waals surface area contributed by atoms with Gasteiger partial charge >= 0.3 is 5.97 Å². The van der Waals surface area contributed by atoms with Gasteiger partial charge in [-0.05, 0) is 19.8 Å². The molecule has 1 amide bonds. The third kappa shape index (κ3) is 2.49. The number of hydrogen-bond acceptors (Lipinski definition) is 5. The van der Waals surface area contributed by atoms with Crippen LogP contribution >= 0.6 is 0 Å². The molecule has 102 valence electrons. The van der Waals surface area contributed by atoms with Gasteiger partial charge in [-0.2, -0.15) is 0 Å². The second-order valence-corrected chi connectivity index (χ2v) is 5.05. The number of carbonyl (C=O) groups is 2. The predicted octanol–water partition coefficient (Wildman–Crippen LogP) is -0.345. The van der Waals surface area contributed by atoms with Gasteiger partial charge in [0.15, 0.2) is 6.10 Å². The van der Waals surface area contributed by atoms with Gasteiger partial charge in [0.05, 0.1) is 19.8 Å². The maximum atomic E-state index is 11.5. The quantitative estimate of drug-likeness (QED) is 0.698. The standard InChI is InChI=1S/C12H20N2O4/c1-7-3-4-9-8(14(7)6-11(13)15)5-10(18-9)12(16)17-2/h7-10H,3-6H2,1-2H3,(H2,13,15). The number of amides is 1. The number of nitrogens with zero attached hydrogens (tertiary/aromatic N) is 1. The Morgan fingerprint density at radius 3 is 2.78 bits per heavy atom. The number of hydrogen-bond donors (Lipinski definition) is 1. The lowest BCUT2D eigenvalue weighted by Gasteiger charge is -2.40. The fraction of sp³-hybridized carbons (Fsp3) is 0.833. The Hall–Kier alpha value is -1.14. The van der Waals surface area contributed by atoms with Gasteiger partial charge in [-0.25, -0.2) is 4.79 Å². The molecule has 4 atom stereocenters. The van der Waals surface area contributed by atoms with Gasteiger partial charge in [-0.3, -0.25) is 9.69 Å². The minimum Gasteiger partial charge on any atom is -0.467 e. The Balaban J connectivity index is 2.08. The number of esters is 1. The van der Waals surface area contributed by atoms with Crippen molar-refractivity contribution < 1.29 is 19.1 Å². The van der Waals surface area contributed by atoms with Gasteiger partial charge in [0.1, 0.15) is 0 Å². The van der Waals surface area contributed by atoms with Crippen molar-refractivity contribution >= 4 is 11.9 Å². The number of piperidine rings is 1. The molecule has 2 N–H and O–H groups in total. The number of primary amides is 1. The lowest BCUT2D eigenvalue weighted by molar-refractivity contribution is -0.153. The smallest absolute Gasteiger partial charge is 0.335 e. The van der Waals surface area contributed by atoms with Crippen LogP contribution in [0.5, 0.6) is 0 Å². The van der Waals surface area contributed by atoms with Crippen LogP contribution in [0.1, 0.15) is 26.2 Å². The second kappa shape index (κ2) is 5.24. The van der Waals surface area contributed by atoms with E-state index in [4.69, 9.17) is 15.2 Å². The summed E-state index contributed by atoms with van der Waals surface area (Å²) in [7, 11) is 1.36. The van der Waals surface area contributed by atoms with Crippen LogP contribution in [0.15, 0.2) is 0 Å². The van der Waals surface area contributed by atoms with Gasteiger partial charge in [0, 0.05) is 18.5 Å². The Kier molecular flexibility index (Phi) is 3.87. The number of ether oxygens (including phenoxy) is 2. The van der Waals surface area contributed by atoms with Crippen molar-refractivity contribution in [3.8, 4) is 0 Å². The summed E-state index contributed by atoms with van der Waals surface area (Å²) in [4.78, 5) is 24.7. The first-order valence-corrected chi connectivity index (χ1v) is 6.30. The largest absolute Gasteiger partial charge is 0.467 e. The molecule has 0 bridgehead atoms. The van der Waals surface area contributed by atoms with Crippen molar-refractivity contribution in [2.45, 2.75) is 50.5 Å². The summed E-state index contributed by atoms with van der Waals surface area (Å²) in [5.74, 6) is -0.680. The summed E-state index contributed by atoms with van der Waals surface area (Å²) in [6.45, 7) is 2.30. The summed E-state index contributed by atoms with van der Waals surface area (Å²) in [6, 6.07) is 0.379. The zero-order chi connectivity index (χ0) is 13.3. The number of carbonyl (C=O) groups excluding carboxylic acids is 2. The normalized spacial score (nSPS) is 36.1. The topological polar surface area (TPSA) is 81.9 Å². The average molecular weight is 256 g/mol. The molecule has 0 spiro atoms. The molecule has 2 saturated heterocycles. The SMILES string of the molecule is COC(=O)C1CC2C(CCC(C)N2CC(N)=O)O1. The highest BCUT2D eigenvalue weighted by molar-refractivity contribution is 5.76. The fourth-order valence-electron chi connectivity index (χ4n) is 2.97. The van der Waals surface area contributed by atoms with E-state index >= 15 is 0 Å². The maximum Gasteiger partial charge on any atom is 0.335 e. The zero-order valence-electron chi connectivity index (χ0n) is 10.8. The molecule has 0 aromatic carbocycles. The Labute approximate surface area is 106 Å². The highest BCUT2D eigenvalue weighted by atomic mass is 16.6. The summed E-state index contributed by atoms with van der Waals surface area (Å²) < 4.78 is 10.4. The fourth-order valence-corrected chi connectivity index (χ4v) is 2.97. The molecule has 0 radical (unpaired) electrons. The molecule has 18 heavy (non-hydrogen) atoms. The van der Waals surface area contributed by atoms with Crippen molar-refractivity contribution in [2.24, 2.45) is 5.73 Å². The van der Waals surface area contributed by atoms with Crippen molar-refractivity contribution in [1.29, 1.82) is 0 Å². The van der Waals surface area contributed by atoms with Crippen LogP contribution in [-0.4, -0.2) is 54.7 Å². The molecule has 2 aliphatic heterocycles. The Bertz CT molecular complexity index is 347.